The quantitative estimate of drug-likeness (QED) is 0.624. The number of aromatic nitrogens is 2. The normalized spacial score (nSPS) is 11.1. The summed E-state index contributed by atoms with van der Waals surface area (Å²) < 4.78 is 12.2. The number of hydrogen-bond acceptors (Lipinski definition) is 5. The van der Waals surface area contributed by atoms with Gasteiger partial charge in [0, 0.05) is 23.0 Å². The van der Waals surface area contributed by atoms with Crippen molar-refractivity contribution in [3.8, 4) is 0 Å². The molecule has 0 radical (unpaired) electrons. The molecule has 0 aliphatic carbocycles. The third kappa shape index (κ3) is 3.21. The van der Waals surface area contributed by atoms with Crippen LogP contribution in [0.25, 0.3) is 0 Å². The van der Waals surface area contributed by atoms with E-state index in [1.165, 1.54) is 0 Å². The highest BCUT2D eigenvalue weighted by Gasteiger charge is 2.22. The molecule has 0 amide bonds. The number of ketones is 1. The van der Waals surface area contributed by atoms with E-state index >= 15 is 0 Å². The van der Waals surface area contributed by atoms with Crippen LogP contribution < -0.4 is 0 Å². The van der Waals surface area contributed by atoms with E-state index in [-0.39, 0.29) is 24.0 Å². The maximum Gasteiger partial charge on any atom is 0.344 e. The largest absolute Gasteiger partial charge is 0.454 e. The van der Waals surface area contributed by atoms with Crippen LogP contribution in [0.4, 0.5) is 0 Å². The van der Waals surface area contributed by atoms with Gasteiger partial charge in [0.2, 0.25) is 5.78 Å². The van der Waals surface area contributed by atoms with E-state index < -0.39 is 5.97 Å². The van der Waals surface area contributed by atoms with Crippen molar-refractivity contribution in [2.75, 3.05) is 6.61 Å². The summed E-state index contributed by atoms with van der Waals surface area (Å²) in [6.07, 6.45) is 0. The van der Waals surface area contributed by atoms with Gasteiger partial charge in [-0.05, 0) is 47.6 Å². The van der Waals surface area contributed by atoms with Gasteiger partial charge in [-0.15, -0.1) is 0 Å². The van der Waals surface area contributed by atoms with Crippen LogP contribution in [0.2, 0.25) is 0 Å². The van der Waals surface area contributed by atoms with Gasteiger partial charge in [-0.1, -0.05) is 5.16 Å². The lowest BCUT2D eigenvalue weighted by atomic mass is 10.1. The number of carbonyl (C=O) groups excluding carboxylic acids is 2. The molecule has 0 fully saturated rings. The highest BCUT2D eigenvalue weighted by molar-refractivity contribution is 6.00. The fourth-order valence-electron chi connectivity index (χ4n) is 2.91. The molecule has 0 aliphatic heterocycles. The fourth-order valence-corrected chi connectivity index (χ4v) is 2.91. The Labute approximate surface area is 135 Å². The fraction of sp³-hybridized carbons (Fsp3) is 0.471. The molecule has 0 saturated carbocycles. The van der Waals surface area contributed by atoms with Crippen molar-refractivity contribution >= 4 is 11.8 Å². The summed E-state index contributed by atoms with van der Waals surface area (Å²) >= 11 is 0. The van der Waals surface area contributed by atoms with Gasteiger partial charge in [0.05, 0.1) is 5.69 Å². The zero-order valence-electron chi connectivity index (χ0n) is 14.4. The first-order valence-electron chi connectivity index (χ1n) is 7.55. The molecule has 0 N–H and O–H groups in total. The smallest absolute Gasteiger partial charge is 0.344 e. The average molecular weight is 318 g/mol. The van der Waals surface area contributed by atoms with Crippen LogP contribution >= 0.6 is 0 Å². The lowest BCUT2D eigenvalue weighted by molar-refractivity contribution is 0.0472. The first kappa shape index (κ1) is 17.0. The minimum atomic E-state index is -0.590. The molecule has 6 heteroatoms. The number of ether oxygens (including phenoxy) is 1. The minimum Gasteiger partial charge on any atom is -0.454 e. The van der Waals surface area contributed by atoms with Gasteiger partial charge in [-0.25, -0.2) is 4.79 Å². The molecule has 0 atom stereocenters. The number of aryl methyl sites for hydroxylation is 3. The maximum atomic E-state index is 12.4. The zero-order valence-corrected chi connectivity index (χ0v) is 14.4. The van der Waals surface area contributed by atoms with Crippen LogP contribution in [-0.2, 0) is 4.74 Å². The van der Waals surface area contributed by atoms with E-state index in [9.17, 15) is 9.59 Å². The van der Waals surface area contributed by atoms with Crippen molar-refractivity contribution in [3.63, 3.8) is 0 Å². The first-order valence-corrected chi connectivity index (χ1v) is 7.55. The topological polar surface area (TPSA) is 74.3 Å². The van der Waals surface area contributed by atoms with Gasteiger partial charge >= 0.3 is 5.97 Å². The molecule has 0 aromatic carbocycles. The van der Waals surface area contributed by atoms with Gasteiger partial charge in [-0.2, -0.15) is 0 Å². The van der Waals surface area contributed by atoms with E-state index in [2.05, 4.69) is 23.6 Å². The number of hydrogen-bond donors (Lipinski definition) is 0. The zero-order chi connectivity index (χ0) is 17.3. The minimum absolute atomic E-state index is 0.217. The standard InChI is InChI=1S/C17H22N2O4/c1-9(2)19-10(3)7-14(12(19)5)15(20)8-22-17(21)16-11(4)18-23-13(16)6/h7,9H,8H2,1-6H3. The second-order valence-corrected chi connectivity index (χ2v) is 5.95. The van der Waals surface area contributed by atoms with E-state index in [1.807, 2.05) is 19.9 Å². The Balaban J connectivity index is 2.12. The van der Waals surface area contributed by atoms with E-state index in [0.29, 0.717) is 17.0 Å². The molecule has 0 saturated heterocycles. The number of esters is 1. The molecule has 2 rings (SSSR count). The van der Waals surface area contributed by atoms with Crippen molar-refractivity contribution < 1.29 is 18.8 Å². The molecule has 124 valence electrons. The van der Waals surface area contributed by atoms with Crippen LogP contribution in [0.15, 0.2) is 10.6 Å². The summed E-state index contributed by atoms with van der Waals surface area (Å²) in [5.41, 5.74) is 3.22. The molecular weight excluding hydrogens is 296 g/mol. The molecule has 2 heterocycles. The molecule has 2 aromatic heterocycles. The highest BCUT2D eigenvalue weighted by Crippen LogP contribution is 2.21. The summed E-state index contributed by atoms with van der Waals surface area (Å²) in [5, 5.41) is 3.71. The van der Waals surface area contributed by atoms with Gasteiger partial charge in [0.15, 0.2) is 6.61 Å². The Bertz CT molecular complexity index is 733. The Morgan fingerprint density at radius 2 is 1.91 bits per heavy atom. The molecule has 23 heavy (non-hydrogen) atoms. The van der Waals surface area contributed by atoms with Crippen LogP contribution in [0, 0.1) is 27.7 Å². The van der Waals surface area contributed by atoms with Gasteiger partial charge in [-0.3, -0.25) is 4.79 Å². The average Bonchev–Trinajstić information content (AvgIpc) is 2.95. The molecule has 0 aliphatic rings. The highest BCUT2D eigenvalue weighted by atomic mass is 16.5. The molecule has 0 unspecified atom stereocenters. The van der Waals surface area contributed by atoms with Crippen molar-refractivity contribution in [2.24, 2.45) is 0 Å². The van der Waals surface area contributed by atoms with E-state index in [1.54, 1.807) is 13.8 Å². The predicted molar refractivity (Wildman–Crippen MR) is 84.9 cm³/mol. The molecular formula is C17H22N2O4. The lowest BCUT2D eigenvalue weighted by Crippen LogP contribution is -2.16. The summed E-state index contributed by atoms with van der Waals surface area (Å²) in [6.45, 7) is 11.0. The third-order valence-corrected chi connectivity index (χ3v) is 3.87. The second kappa shape index (κ2) is 6.40. The molecule has 0 bridgehead atoms. The molecule has 2 aromatic rings. The van der Waals surface area contributed by atoms with Gasteiger partial charge < -0.3 is 13.8 Å². The van der Waals surface area contributed by atoms with Crippen LogP contribution in [0.3, 0.4) is 0 Å². The first-order chi connectivity index (χ1) is 10.7. The van der Waals surface area contributed by atoms with E-state index in [4.69, 9.17) is 9.26 Å². The van der Waals surface area contributed by atoms with Crippen LogP contribution in [0.1, 0.15) is 63.4 Å². The van der Waals surface area contributed by atoms with Crippen molar-refractivity contribution in [1.82, 2.24) is 9.72 Å². The Morgan fingerprint density at radius 3 is 2.39 bits per heavy atom. The Kier molecular flexibility index (Phi) is 4.73. The van der Waals surface area contributed by atoms with Crippen LogP contribution in [-0.4, -0.2) is 28.1 Å². The summed E-state index contributed by atoms with van der Waals surface area (Å²) in [6, 6.07) is 2.10. The number of carbonyl (C=O) groups is 2. The maximum absolute atomic E-state index is 12.4. The Hall–Kier alpha value is -2.37. The van der Waals surface area contributed by atoms with Crippen molar-refractivity contribution in [1.29, 1.82) is 0 Å². The monoisotopic (exact) mass is 318 g/mol. The lowest BCUT2D eigenvalue weighted by Gasteiger charge is -2.13. The SMILES string of the molecule is Cc1noc(C)c1C(=O)OCC(=O)c1cc(C)n(C(C)C)c1C. The van der Waals surface area contributed by atoms with Crippen LogP contribution in [0.5, 0.6) is 0 Å². The second-order valence-electron chi connectivity index (χ2n) is 5.95. The number of nitrogens with zero attached hydrogens (tertiary/aromatic N) is 2. The molecule has 6 nitrogen and oxygen atoms in total. The van der Waals surface area contributed by atoms with Crippen molar-refractivity contribution in [2.45, 2.75) is 47.6 Å². The summed E-state index contributed by atoms with van der Waals surface area (Å²) in [5.74, 6) is -0.421. The van der Waals surface area contributed by atoms with E-state index in [0.717, 1.165) is 11.4 Å². The third-order valence-electron chi connectivity index (χ3n) is 3.87. The molecule has 0 spiro atoms. The summed E-state index contributed by atoms with van der Waals surface area (Å²) in [4.78, 5) is 24.4. The van der Waals surface area contributed by atoms with Crippen molar-refractivity contribution in [3.05, 3.63) is 40.0 Å². The van der Waals surface area contributed by atoms with Gasteiger partial charge in [0.1, 0.15) is 11.3 Å². The van der Waals surface area contributed by atoms with Gasteiger partial charge in [0.25, 0.3) is 0 Å². The number of rotatable bonds is 5. The Morgan fingerprint density at radius 1 is 1.26 bits per heavy atom. The number of Topliss-reactive ketones (excluding diaryl/α,β-unsaturated/α-hetero) is 1. The summed E-state index contributed by atoms with van der Waals surface area (Å²) in [7, 11) is 0. The predicted octanol–water partition coefficient (Wildman–Crippen LogP) is 3.33.